The van der Waals surface area contributed by atoms with Crippen LogP contribution in [-0.4, -0.2) is 126 Å². The molecule has 0 spiro atoms. The number of rotatable bonds is 18. The van der Waals surface area contributed by atoms with E-state index in [2.05, 4.69) is 10.6 Å². The molecule has 0 aliphatic heterocycles. The highest BCUT2D eigenvalue weighted by molar-refractivity contribution is 7.86. The quantitative estimate of drug-likeness (QED) is 0.0783. The largest absolute Gasteiger partial charge is 0.355 e. The maximum atomic E-state index is 11.9. The van der Waals surface area contributed by atoms with Crippen molar-refractivity contribution in [3.05, 3.63) is 0 Å². The Morgan fingerprint density at radius 2 is 0.939 bits per heavy atom. The summed E-state index contributed by atoms with van der Waals surface area (Å²) >= 11 is 0. The first-order valence-corrected chi connectivity index (χ1v) is 14.2. The Hall–Kier alpha value is -1.32. The molecule has 0 aliphatic carbocycles. The normalized spacial score (nSPS) is 13.0. The SMILES string of the molecule is C[N+](C)(CCCNC(=O)CC(=O)NCCC[N+](C)(C)CCCS(=O)(=O)O)CCCS(=O)(=O)O. The fraction of sp³-hybridized carbons (Fsp3) is 0.895. The summed E-state index contributed by atoms with van der Waals surface area (Å²) in [4.78, 5) is 23.8. The van der Waals surface area contributed by atoms with Gasteiger partial charge < -0.3 is 19.6 Å². The molecule has 0 rings (SSSR count). The van der Waals surface area contributed by atoms with Gasteiger partial charge in [-0.2, -0.15) is 16.8 Å². The van der Waals surface area contributed by atoms with Crippen molar-refractivity contribution in [3.63, 3.8) is 0 Å². The highest BCUT2D eigenvalue weighted by Gasteiger charge is 2.18. The predicted octanol–water partition coefficient (Wildman–Crippen LogP) is -0.902. The van der Waals surface area contributed by atoms with Gasteiger partial charge in [-0.15, -0.1) is 0 Å². The van der Waals surface area contributed by atoms with E-state index in [-0.39, 0.29) is 29.7 Å². The van der Waals surface area contributed by atoms with Gasteiger partial charge in [0.15, 0.2) is 0 Å². The summed E-state index contributed by atoms with van der Waals surface area (Å²) in [5, 5.41) is 5.40. The van der Waals surface area contributed by atoms with E-state index in [0.29, 0.717) is 73.9 Å². The zero-order valence-electron chi connectivity index (χ0n) is 20.2. The molecule has 0 aromatic carbocycles. The van der Waals surface area contributed by atoms with Gasteiger partial charge in [0.05, 0.1) is 65.9 Å². The van der Waals surface area contributed by atoms with E-state index in [4.69, 9.17) is 9.11 Å². The van der Waals surface area contributed by atoms with Gasteiger partial charge in [0.2, 0.25) is 11.8 Å². The average molecular weight is 519 g/mol. The maximum Gasteiger partial charge on any atom is 0.265 e. The summed E-state index contributed by atoms with van der Waals surface area (Å²) in [6.45, 7) is 3.37. The van der Waals surface area contributed by atoms with E-state index in [1.165, 1.54) is 0 Å². The molecule has 0 aliphatic rings. The topological polar surface area (TPSA) is 167 Å². The van der Waals surface area contributed by atoms with Crippen LogP contribution in [0.5, 0.6) is 0 Å². The van der Waals surface area contributed by atoms with E-state index in [0.717, 1.165) is 0 Å². The van der Waals surface area contributed by atoms with Crippen LogP contribution in [0.15, 0.2) is 0 Å². The fourth-order valence-electron chi connectivity index (χ4n) is 3.31. The van der Waals surface area contributed by atoms with Crippen LogP contribution in [0.2, 0.25) is 0 Å². The van der Waals surface area contributed by atoms with Crippen molar-refractivity contribution in [2.45, 2.75) is 32.1 Å². The molecule has 33 heavy (non-hydrogen) atoms. The zero-order valence-corrected chi connectivity index (χ0v) is 21.9. The lowest BCUT2D eigenvalue weighted by Crippen LogP contribution is -2.43. The summed E-state index contributed by atoms with van der Waals surface area (Å²) in [5.74, 6) is -1.29. The van der Waals surface area contributed by atoms with Gasteiger partial charge in [0.25, 0.3) is 20.2 Å². The first-order chi connectivity index (χ1) is 14.9. The number of nitrogens with one attached hydrogen (secondary N) is 2. The maximum absolute atomic E-state index is 11.9. The average Bonchev–Trinajstić information content (AvgIpc) is 2.60. The molecule has 0 saturated carbocycles. The van der Waals surface area contributed by atoms with Crippen molar-refractivity contribution in [3.8, 4) is 0 Å². The Morgan fingerprint density at radius 1 is 0.636 bits per heavy atom. The summed E-state index contributed by atoms with van der Waals surface area (Å²) < 4.78 is 61.8. The molecule has 0 aromatic heterocycles. The lowest BCUT2D eigenvalue weighted by atomic mass is 10.3. The van der Waals surface area contributed by atoms with Crippen molar-refractivity contribution in [2.24, 2.45) is 0 Å². The summed E-state index contributed by atoms with van der Waals surface area (Å²) in [5.41, 5.74) is 0. The zero-order chi connectivity index (χ0) is 25.8. The van der Waals surface area contributed by atoms with E-state index in [1.54, 1.807) is 0 Å². The van der Waals surface area contributed by atoms with Crippen molar-refractivity contribution < 1.29 is 44.5 Å². The van der Waals surface area contributed by atoms with Gasteiger partial charge in [-0.25, -0.2) is 0 Å². The van der Waals surface area contributed by atoms with Gasteiger partial charge >= 0.3 is 0 Å². The molecule has 0 unspecified atom stereocenters. The Morgan fingerprint density at radius 3 is 1.24 bits per heavy atom. The molecule has 12 nitrogen and oxygen atoms in total. The highest BCUT2D eigenvalue weighted by Crippen LogP contribution is 2.04. The van der Waals surface area contributed by atoms with Gasteiger partial charge in [-0.1, -0.05) is 0 Å². The minimum atomic E-state index is -3.95. The van der Waals surface area contributed by atoms with Crippen molar-refractivity contribution in [1.82, 2.24) is 10.6 Å². The van der Waals surface area contributed by atoms with Crippen LogP contribution in [0.4, 0.5) is 0 Å². The Balaban J connectivity index is 3.95. The third kappa shape index (κ3) is 21.0. The summed E-state index contributed by atoms with van der Waals surface area (Å²) in [7, 11) is -0.154. The van der Waals surface area contributed by atoms with Gasteiger partial charge in [0.1, 0.15) is 6.42 Å². The molecule has 0 bridgehead atoms. The minimum absolute atomic E-state index is 0.265. The molecule has 0 radical (unpaired) electrons. The Bertz CT molecular complexity index is 759. The van der Waals surface area contributed by atoms with Crippen molar-refractivity contribution in [2.75, 3.05) is 79.0 Å². The molecule has 2 amide bonds. The number of carbonyl (C=O) groups is 2. The van der Waals surface area contributed by atoms with E-state index >= 15 is 0 Å². The first kappa shape index (κ1) is 31.7. The van der Waals surface area contributed by atoms with Gasteiger partial charge in [-0.3, -0.25) is 18.7 Å². The molecule has 0 heterocycles. The molecular formula is C19H42N4O8S2+2. The molecule has 0 fully saturated rings. The second-order valence-corrected chi connectivity index (χ2v) is 12.8. The molecule has 196 valence electrons. The molecule has 0 saturated heterocycles. The van der Waals surface area contributed by atoms with Crippen LogP contribution < -0.4 is 10.6 Å². The number of hydrogen-bond donors (Lipinski definition) is 4. The lowest BCUT2D eigenvalue weighted by Gasteiger charge is -2.29. The van der Waals surface area contributed by atoms with Gasteiger partial charge in [0, 0.05) is 38.8 Å². The van der Waals surface area contributed by atoms with Crippen LogP contribution in [0.1, 0.15) is 32.1 Å². The first-order valence-electron chi connectivity index (χ1n) is 11.0. The van der Waals surface area contributed by atoms with Crippen LogP contribution in [0.25, 0.3) is 0 Å². The molecular weight excluding hydrogens is 476 g/mol. The van der Waals surface area contributed by atoms with Crippen LogP contribution in [-0.2, 0) is 29.8 Å². The van der Waals surface area contributed by atoms with E-state index < -0.39 is 20.2 Å². The third-order valence-corrected chi connectivity index (χ3v) is 6.79. The van der Waals surface area contributed by atoms with Crippen molar-refractivity contribution in [1.29, 1.82) is 0 Å². The molecule has 14 heteroatoms. The van der Waals surface area contributed by atoms with Gasteiger partial charge in [-0.05, 0) is 0 Å². The monoisotopic (exact) mass is 518 g/mol. The molecule has 0 atom stereocenters. The summed E-state index contributed by atoms with van der Waals surface area (Å²) in [6, 6.07) is 0. The smallest absolute Gasteiger partial charge is 0.265 e. The number of carbonyl (C=O) groups excluding carboxylic acids is 2. The third-order valence-electron chi connectivity index (χ3n) is 5.18. The van der Waals surface area contributed by atoms with E-state index in [9.17, 15) is 26.4 Å². The Labute approximate surface area is 198 Å². The number of quaternary nitrogens is 2. The van der Waals surface area contributed by atoms with E-state index in [1.807, 2.05) is 28.2 Å². The van der Waals surface area contributed by atoms with Crippen molar-refractivity contribution >= 4 is 32.1 Å². The summed E-state index contributed by atoms with van der Waals surface area (Å²) in [6.07, 6.45) is 1.75. The predicted molar refractivity (Wildman–Crippen MR) is 126 cm³/mol. The standard InChI is InChI=1S/C19H40N4O8S2/c1-22(2,13-7-15-32(26,27)28)11-5-9-20-18(24)17-19(25)21-10-6-12-23(3,4)14-8-16-33(29,30)31/h5-17H2,1-4H3,(H2-2,20,21,24,25,26,27,28,29,30,31)/p+2. The van der Waals surface area contributed by atoms with Crippen LogP contribution >= 0.6 is 0 Å². The Kier molecular flexibility index (Phi) is 13.6. The fourth-order valence-corrected chi connectivity index (χ4v) is 4.30. The second kappa shape index (κ2) is 14.2. The molecule has 4 N–H and O–H groups in total. The molecule has 0 aromatic rings. The second-order valence-electron chi connectivity index (χ2n) is 9.63. The number of nitrogens with zero attached hydrogens (tertiary/aromatic N) is 2. The van der Waals surface area contributed by atoms with Crippen LogP contribution in [0, 0.1) is 0 Å². The lowest BCUT2D eigenvalue weighted by molar-refractivity contribution is -0.890. The van der Waals surface area contributed by atoms with Crippen LogP contribution in [0.3, 0.4) is 0 Å². The highest BCUT2D eigenvalue weighted by atomic mass is 32.2. The number of amides is 2. The number of hydrogen-bond acceptors (Lipinski definition) is 6. The minimum Gasteiger partial charge on any atom is -0.355 e.